The molecule has 0 aromatic heterocycles. The first-order valence-corrected chi connectivity index (χ1v) is 8.07. The number of thioether (sulfide) groups is 1. The molecule has 2 saturated heterocycles. The van der Waals surface area contributed by atoms with Crippen molar-refractivity contribution in [3.63, 3.8) is 0 Å². The summed E-state index contributed by atoms with van der Waals surface area (Å²) in [5, 5.41) is 7.69. The first-order valence-electron chi connectivity index (χ1n) is 7.02. The lowest BCUT2D eigenvalue weighted by molar-refractivity contribution is 0.394. The molecule has 0 amide bonds. The molecule has 2 aliphatic heterocycles. The van der Waals surface area contributed by atoms with Crippen LogP contribution in [-0.4, -0.2) is 62.1 Å². The number of likely N-dealkylation sites (tertiary alicyclic amines) is 1. The van der Waals surface area contributed by atoms with E-state index in [0.717, 1.165) is 30.2 Å². The van der Waals surface area contributed by atoms with Crippen LogP contribution in [0.5, 0.6) is 0 Å². The smallest absolute Gasteiger partial charge is 0.191 e. The lowest BCUT2D eigenvalue weighted by Gasteiger charge is -2.17. The van der Waals surface area contributed by atoms with E-state index in [1.807, 2.05) is 7.05 Å². The molecule has 0 saturated carbocycles. The molecular formula is C13H27IN4S. The number of aliphatic imine (C=N–C) groups is 1. The zero-order valence-electron chi connectivity index (χ0n) is 12.0. The van der Waals surface area contributed by atoms with Gasteiger partial charge in [-0.3, -0.25) is 4.99 Å². The fourth-order valence-corrected chi connectivity index (χ4v) is 3.87. The molecule has 0 aliphatic carbocycles. The molecule has 2 N–H and O–H groups in total. The van der Waals surface area contributed by atoms with Crippen LogP contribution in [-0.2, 0) is 0 Å². The molecule has 4 nitrogen and oxygen atoms in total. The Morgan fingerprint density at radius 3 is 2.68 bits per heavy atom. The average molecular weight is 398 g/mol. The van der Waals surface area contributed by atoms with Crippen molar-refractivity contribution in [2.45, 2.75) is 24.5 Å². The maximum absolute atomic E-state index is 4.30. The molecule has 0 aromatic carbocycles. The molecule has 2 fully saturated rings. The normalized spacial score (nSPS) is 28.2. The minimum Gasteiger partial charge on any atom is -0.356 e. The maximum atomic E-state index is 4.30. The number of guanidine groups is 1. The summed E-state index contributed by atoms with van der Waals surface area (Å²) >= 11 is 2.09. The Bertz CT molecular complexity index is 282. The number of nitrogens with zero attached hydrogens (tertiary/aromatic N) is 2. The van der Waals surface area contributed by atoms with Gasteiger partial charge in [0.15, 0.2) is 5.96 Å². The van der Waals surface area contributed by atoms with Crippen molar-refractivity contribution in [3.05, 3.63) is 0 Å². The number of halogens is 1. The summed E-state index contributed by atoms with van der Waals surface area (Å²) in [7, 11) is 4.06. The minimum absolute atomic E-state index is 0. The van der Waals surface area contributed by atoms with Crippen molar-refractivity contribution in [3.8, 4) is 0 Å². The van der Waals surface area contributed by atoms with E-state index in [-0.39, 0.29) is 24.0 Å². The summed E-state index contributed by atoms with van der Waals surface area (Å²) in [4.78, 5) is 6.70. The number of nitrogens with one attached hydrogen (secondary N) is 2. The third-order valence-electron chi connectivity index (χ3n) is 3.79. The van der Waals surface area contributed by atoms with Gasteiger partial charge in [0.25, 0.3) is 0 Å². The van der Waals surface area contributed by atoms with Gasteiger partial charge in [0, 0.05) is 31.9 Å². The quantitative estimate of drug-likeness (QED) is 0.429. The van der Waals surface area contributed by atoms with Crippen molar-refractivity contribution in [2.75, 3.05) is 46.0 Å². The Hall–Kier alpha value is 0.310. The molecule has 112 valence electrons. The average Bonchev–Trinajstić information content (AvgIpc) is 3.01. The zero-order chi connectivity index (χ0) is 12.8. The zero-order valence-corrected chi connectivity index (χ0v) is 15.2. The predicted molar refractivity (Wildman–Crippen MR) is 95.9 cm³/mol. The Balaban J connectivity index is 0.00000180. The van der Waals surface area contributed by atoms with Crippen LogP contribution in [0, 0.1) is 5.92 Å². The topological polar surface area (TPSA) is 39.7 Å². The van der Waals surface area contributed by atoms with Gasteiger partial charge in [0.2, 0.25) is 0 Å². The van der Waals surface area contributed by atoms with Gasteiger partial charge in [0.05, 0.1) is 0 Å². The van der Waals surface area contributed by atoms with Gasteiger partial charge in [-0.2, -0.15) is 11.8 Å². The molecule has 0 spiro atoms. The van der Waals surface area contributed by atoms with Crippen LogP contribution in [0.25, 0.3) is 0 Å². The van der Waals surface area contributed by atoms with Crippen molar-refractivity contribution < 1.29 is 0 Å². The van der Waals surface area contributed by atoms with Gasteiger partial charge in [0.1, 0.15) is 0 Å². The van der Waals surface area contributed by atoms with E-state index >= 15 is 0 Å². The number of hydrogen-bond acceptors (Lipinski definition) is 3. The first kappa shape index (κ1) is 17.4. The molecule has 2 atom stereocenters. The van der Waals surface area contributed by atoms with Crippen molar-refractivity contribution in [1.29, 1.82) is 0 Å². The molecule has 0 radical (unpaired) electrons. The van der Waals surface area contributed by atoms with Crippen LogP contribution in [0.15, 0.2) is 4.99 Å². The van der Waals surface area contributed by atoms with E-state index in [2.05, 4.69) is 39.3 Å². The van der Waals surface area contributed by atoms with Gasteiger partial charge < -0.3 is 15.5 Å². The molecule has 2 heterocycles. The summed E-state index contributed by atoms with van der Waals surface area (Å²) in [6, 6.07) is 0. The summed E-state index contributed by atoms with van der Waals surface area (Å²) in [6.07, 6.45) is 4.03. The molecule has 0 aromatic rings. The van der Waals surface area contributed by atoms with Gasteiger partial charge in [-0.1, -0.05) is 0 Å². The Morgan fingerprint density at radius 1 is 1.32 bits per heavy atom. The van der Waals surface area contributed by atoms with Gasteiger partial charge in [-0.15, -0.1) is 24.0 Å². The highest BCUT2D eigenvalue weighted by atomic mass is 127. The van der Waals surface area contributed by atoms with Crippen LogP contribution < -0.4 is 10.6 Å². The van der Waals surface area contributed by atoms with E-state index in [1.165, 1.54) is 38.1 Å². The number of rotatable bonds is 4. The van der Waals surface area contributed by atoms with Gasteiger partial charge >= 0.3 is 0 Å². The van der Waals surface area contributed by atoms with Crippen LogP contribution in [0.3, 0.4) is 0 Å². The van der Waals surface area contributed by atoms with E-state index < -0.39 is 0 Å². The van der Waals surface area contributed by atoms with Crippen molar-refractivity contribution >= 4 is 41.7 Å². The fourth-order valence-electron chi connectivity index (χ4n) is 2.67. The largest absolute Gasteiger partial charge is 0.356 e. The molecule has 19 heavy (non-hydrogen) atoms. The molecular weight excluding hydrogens is 371 g/mol. The van der Waals surface area contributed by atoms with Crippen LogP contribution >= 0.6 is 35.7 Å². The third kappa shape index (κ3) is 6.08. The van der Waals surface area contributed by atoms with Crippen molar-refractivity contribution in [2.24, 2.45) is 10.9 Å². The van der Waals surface area contributed by atoms with E-state index in [1.54, 1.807) is 0 Å². The highest BCUT2D eigenvalue weighted by molar-refractivity contribution is 14.0. The van der Waals surface area contributed by atoms with Gasteiger partial charge in [-0.25, -0.2) is 0 Å². The highest BCUT2D eigenvalue weighted by Gasteiger charge is 2.20. The van der Waals surface area contributed by atoms with E-state index in [4.69, 9.17) is 0 Å². The minimum atomic E-state index is 0. The van der Waals surface area contributed by atoms with Crippen LogP contribution in [0.1, 0.15) is 19.3 Å². The second-order valence-electron chi connectivity index (χ2n) is 5.39. The Morgan fingerprint density at radius 2 is 2.11 bits per heavy atom. The van der Waals surface area contributed by atoms with Crippen LogP contribution in [0.4, 0.5) is 0 Å². The van der Waals surface area contributed by atoms with E-state index in [0.29, 0.717) is 0 Å². The highest BCUT2D eigenvalue weighted by Crippen LogP contribution is 2.25. The lowest BCUT2D eigenvalue weighted by Crippen LogP contribution is -2.42. The summed E-state index contributed by atoms with van der Waals surface area (Å²) in [6.45, 7) is 4.54. The van der Waals surface area contributed by atoms with E-state index in [9.17, 15) is 0 Å². The standard InChI is InChI=1S/C13H26N4S.HI/c1-14-13(16-9-12-4-3-7-18-12)15-8-11-5-6-17(2)10-11;/h11-12H,3-10H2,1-2H3,(H2,14,15,16);1H. The number of hydrogen-bond donors (Lipinski definition) is 2. The Labute approximate surface area is 138 Å². The second-order valence-corrected chi connectivity index (χ2v) is 6.79. The molecule has 2 aliphatic rings. The SMILES string of the molecule is CN=C(NCC1CCN(C)C1)NCC1CCCS1.I. The maximum Gasteiger partial charge on any atom is 0.191 e. The monoisotopic (exact) mass is 398 g/mol. The summed E-state index contributed by atoms with van der Waals surface area (Å²) < 4.78 is 0. The molecule has 2 rings (SSSR count). The van der Waals surface area contributed by atoms with Gasteiger partial charge in [-0.05, 0) is 44.5 Å². The Kier molecular flexibility index (Phi) is 8.48. The predicted octanol–water partition coefficient (Wildman–Crippen LogP) is 1.62. The third-order valence-corrected chi connectivity index (χ3v) is 5.19. The summed E-state index contributed by atoms with van der Waals surface area (Å²) in [5.41, 5.74) is 0. The second kappa shape index (κ2) is 9.28. The fraction of sp³-hybridized carbons (Fsp3) is 0.923. The van der Waals surface area contributed by atoms with Crippen LogP contribution in [0.2, 0.25) is 0 Å². The molecule has 6 heteroatoms. The first-order chi connectivity index (χ1) is 8.78. The molecule has 2 unspecified atom stereocenters. The summed E-state index contributed by atoms with van der Waals surface area (Å²) in [5.74, 6) is 3.07. The van der Waals surface area contributed by atoms with Crippen molar-refractivity contribution in [1.82, 2.24) is 15.5 Å². The molecule has 0 bridgehead atoms. The lowest BCUT2D eigenvalue weighted by atomic mass is 10.1.